The van der Waals surface area contributed by atoms with Gasteiger partial charge in [-0.2, -0.15) is 0 Å². The molecule has 2 aliphatic heterocycles. The second kappa shape index (κ2) is 13.0. The summed E-state index contributed by atoms with van der Waals surface area (Å²) in [7, 11) is 0. The fraction of sp³-hybridized carbons (Fsp3) is 0.238. The number of rotatable bonds is 2. The van der Waals surface area contributed by atoms with E-state index in [-0.39, 0.29) is 28.5 Å². The standard InChI is InChI=1S/C63H55BN2S/c1-60(2,3)39-26-27-51(43(32-39)36-18-11-10-12-19-36)65-56-47-34-49-50(62(6,7)29-28-61(49,4)5)35-48(47)63(8,9)59(56)64-54-45(33-46-40-22-15-16-25-53(40)67-58(46)57(54)65)42-24-17-23-41-44-30-37-20-13-14-21-38(37)31-52(44)66(64)55(41)42/h10-27,30-35H,28-29H2,1-9H3. The minimum atomic E-state index is -0.311. The molecule has 0 atom stereocenters. The van der Waals surface area contributed by atoms with Gasteiger partial charge >= 0.3 is 6.85 Å². The lowest BCUT2D eigenvalue weighted by Crippen LogP contribution is -2.52. The molecule has 0 amide bonds. The van der Waals surface area contributed by atoms with Crippen LogP contribution in [0.4, 0.5) is 11.4 Å². The van der Waals surface area contributed by atoms with E-state index in [2.05, 4.69) is 217 Å². The Kier molecular flexibility index (Phi) is 7.71. The molecule has 0 spiro atoms. The number of hydrogen-bond acceptors (Lipinski definition) is 2. The fourth-order valence-electron chi connectivity index (χ4n) is 13.3. The van der Waals surface area contributed by atoms with Crippen molar-refractivity contribution in [3.05, 3.63) is 179 Å². The van der Waals surface area contributed by atoms with Gasteiger partial charge in [-0.25, -0.2) is 0 Å². The summed E-state index contributed by atoms with van der Waals surface area (Å²) in [5.74, 6) is 0. The first kappa shape index (κ1) is 39.8. The first-order chi connectivity index (χ1) is 32.1. The molecule has 2 aliphatic carbocycles. The van der Waals surface area contributed by atoms with Crippen molar-refractivity contribution < 1.29 is 0 Å². The predicted octanol–water partition coefficient (Wildman–Crippen LogP) is 16.7. The smallest absolute Gasteiger partial charge is 0.329 e. The van der Waals surface area contributed by atoms with Crippen molar-refractivity contribution in [3.8, 4) is 22.3 Å². The van der Waals surface area contributed by atoms with E-state index in [0.717, 1.165) is 0 Å². The number of fused-ring (bicyclic) bond motifs is 14. The molecule has 2 aromatic heterocycles. The van der Waals surface area contributed by atoms with Crippen LogP contribution in [0.5, 0.6) is 0 Å². The summed E-state index contributed by atoms with van der Waals surface area (Å²) in [6, 6.07) is 56.8. The number of hydrogen-bond donors (Lipinski definition) is 0. The lowest BCUT2D eigenvalue weighted by Gasteiger charge is -2.43. The second-order valence-electron chi connectivity index (χ2n) is 23.1. The molecule has 4 aliphatic rings. The summed E-state index contributed by atoms with van der Waals surface area (Å²) in [4.78, 5) is 2.81. The van der Waals surface area contributed by atoms with Crippen LogP contribution in [0.1, 0.15) is 103 Å². The monoisotopic (exact) mass is 882 g/mol. The van der Waals surface area contributed by atoms with Crippen LogP contribution in [-0.4, -0.2) is 11.3 Å². The van der Waals surface area contributed by atoms with Gasteiger partial charge in [0.1, 0.15) is 0 Å². The summed E-state index contributed by atoms with van der Waals surface area (Å²) in [5.41, 5.74) is 21.7. The maximum atomic E-state index is 2.81. The normalized spacial score (nSPS) is 17.4. The highest BCUT2D eigenvalue weighted by Gasteiger charge is 2.55. The lowest BCUT2D eigenvalue weighted by molar-refractivity contribution is 0.331. The first-order valence-corrected chi connectivity index (χ1v) is 25.3. The van der Waals surface area contributed by atoms with E-state index in [1.54, 1.807) is 0 Å². The highest BCUT2D eigenvalue weighted by Crippen LogP contribution is 2.61. The molecule has 8 aromatic carbocycles. The molecule has 4 heterocycles. The molecule has 10 aromatic rings. The van der Waals surface area contributed by atoms with E-state index >= 15 is 0 Å². The van der Waals surface area contributed by atoms with Gasteiger partial charge in [0.15, 0.2) is 0 Å². The van der Waals surface area contributed by atoms with Crippen molar-refractivity contribution in [3.63, 3.8) is 0 Å². The van der Waals surface area contributed by atoms with Crippen molar-refractivity contribution in [2.45, 2.75) is 96.8 Å². The largest absolute Gasteiger partial charge is 0.376 e. The lowest BCUT2D eigenvalue weighted by atomic mass is 9.40. The number of thiophene rings is 1. The first-order valence-electron chi connectivity index (χ1n) is 24.5. The zero-order valence-electron chi connectivity index (χ0n) is 40.2. The minimum Gasteiger partial charge on any atom is -0.376 e. The molecule has 67 heavy (non-hydrogen) atoms. The molecule has 0 saturated heterocycles. The third kappa shape index (κ3) is 5.18. The summed E-state index contributed by atoms with van der Waals surface area (Å²) in [6.45, 7) is 22.1. The van der Waals surface area contributed by atoms with Crippen LogP contribution >= 0.6 is 11.3 Å². The summed E-state index contributed by atoms with van der Waals surface area (Å²) >= 11 is 1.97. The van der Waals surface area contributed by atoms with Crippen LogP contribution in [0.3, 0.4) is 0 Å². The van der Waals surface area contributed by atoms with E-state index < -0.39 is 0 Å². The number of nitrogens with zero attached hydrogens (tertiary/aromatic N) is 2. The van der Waals surface area contributed by atoms with Crippen molar-refractivity contribution in [2.75, 3.05) is 4.90 Å². The number of aromatic nitrogens is 1. The maximum absolute atomic E-state index is 2.81. The van der Waals surface area contributed by atoms with E-state index in [9.17, 15) is 0 Å². The number of benzene rings is 8. The van der Waals surface area contributed by atoms with Crippen molar-refractivity contribution in [2.24, 2.45) is 0 Å². The van der Waals surface area contributed by atoms with E-state index in [0.29, 0.717) is 0 Å². The fourth-order valence-corrected chi connectivity index (χ4v) is 14.5. The van der Waals surface area contributed by atoms with Crippen LogP contribution in [0.25, 0.3) is 80.7 Å². The van der Waals surface area contributed by atoms with Crippen molar-refractivity contribution in [1.82, 2.24) is 4.48 Å². The minimum absolute atomic E-state index is 0.0295. The van der Waals surface area contributed by atoms with Gasteiger partial charge in [0.25, 0.3) is 0 Å². The molecule has 0 N–H and O–H groups in total. The Labute approximate surface area is 398 Å². The number of allylic oxidation sites excluding steroid dienone is 1. The van der Waals surface area contributed by atoms with Gasteiger partial charge in [-0.05, 0) is 127 Å². The Morgan fingerprint density at radius 2 is 1.24 bits per heavy atom. The van der Waals surface area contributed by atoms with Crippen LogP contribution < -0.4 is 10.4 Å². The number of para-hydroxylation sites is 1. The van der Waals surface area contributed by atoms with Crippen LogP contribution in [-0.2, 0) is 21.7 Å². The maximum Gasteiger partial charge on any atom is 0.329 e. The Morgan fingerprint density at radius 1 is 0.552 bits per heavy atom. The van der Waals surface area contributed by atoms with Gasteiger partial charge in [0, 0.05) is 65.1 Å². The molecular formula is C63H55BN2S. The average molecular weight is 883 g/mol. The van der Waals surface area contributed by atoms with Crippen molar-refractivity contribution >= 4 is 93.5 Å². The Bertz CT molecular complexity index is 3890. The van der Waals surface area contributed by atoms with E-state index in [4.69, 9.17) is 0 Å². The summed E-state index contributed by atoms with van der Waals surface area (Å²) in [6.07, 6.45) is 2.36. The highest BCUT2D eigenvalue weighted by molar-refractivity contribution is 7.26. The molecule has 326 valence electrons. The van der Waals surface area contributed by atoms with Gasteiger partial charge in [-0.1, -0.05) is 165 Å². The molecule has 0 unspecified atom stereocenters. The van der Waals surface area contributed by atoms with Crippen LogP contribution in [0.2, 0.25) is 0 Å². The highest BCUT2D eigenvalue weighted by atomic mass is 32.1. The van der Waals surface area contributed by atoms with Crippen molar-refractivity contribution in [1.29, 1.82) is 0 Å². The molecule has 14 rings (SSSR count). The van der Waals surface area contributed by atoms with Gasteiger partial charge in [-0.3, -0.25) is 0 Å². The SMILES string of the molecule is CC(C)(C)c1ccc(N2C3=C(B4c5c(cc6c(sc7ccccc76)c52)-c2cccc5c6cc7ccccc7cc6n4c25)C(C)(C)c2cc4c(cc23)C(C)(C)CCC4(C)C)c(-c2ccccc2)c1. The predicted molar refractivity (Wildman–Crippen MR) is 290 cm³/mol. The van der Waals surface area contributed by atoms with Crippen LogP contribution in [0.15, 0.2) is 151 Å². The van der Waals surface area contributed by atoms with Gasteiger partial charge in [0.05, 0.1) is 16.1 Å². The molecule has 2 nitrogen and oxygen atoms in total. The quantitative estimate of drug-likeness (QED) is 0.157. The van der Waals surface area contributed by atoms with Gasteiger partial charge in [-0.15, -0.1) is 11.3 Å². The zero-order chi connectivity index (χ0) is 45.7. The molecule has 0 radical (unpaired) electrons. The molecule has 0 fully saturated rings. The van der Waals surface area contributed by atoms with Gasteiger partial charge in [0.2, 0.25) is 0 Å². The summed E-state index contributed by atoms with van der Waals surface area (Å²) < 4.78 is 5.50. The third-order valence-electron chi connectivity index (χ3n) is 17.0. The number of anilines is 2. The Morgan fingerprint density at radius 3 is 2.00 bits per heavy atom. The zero-order valence-corrected chi connectivity index (χ0v) is 41.0. The molecule has 0 bridgehead atoms. The molecule has 4 heteroatoms. The van der Waals surface area contributed by atoms with E-state index in [1.165, 1.54) is 144 Å². The Balaban J connectivity index is 1.22. The van der Waals surface area contributed by atoms with Gasteiger partial charge < -0.3 is 9.38 Å². The Hall–Kier alpha value is -6.36. The topological polar surface area (TPSA) is 8.17 Å². The molecule has 0 saturated carbocycles. The van der Waals surface area contributed by atoms with E-state index in [1.807, 2.05) is 11.3 Å². The van der Waals surface area contributed by atoms with Crippen LogP contribution in [0, 0.1) is 0 Å². The average Bonchev–Trinajstić information content (AvgIpc) is 3.93. The summed E-state index contributed by atoms with van der Waals surface area (Å²) in [5, 5.41) is 7.91. The molecular weight excluding hydrogens is 828 g/mol. The third-order valence-corrected chi connectivity index (χ3v) is 18.1. The second-order valence-corrected chi connectivity index (χ2v) is 24.2.